The summed E-state index contributed by atoms with van der Waals surface area (Å²) in [5, 5.41) is 6.20. The summed E-state index contributed by atoms with van der Waals surface area (Å²) in [6.07, 6.45) is 3.39. The molecule has 24 heavy (non-hydrogen) atoms. The van der Waals surface area contributed by atoms with Gasteiger partial charge in [-0.15, -0.1) is 12.4 Å². The maximum atomic E-state index is 12.3. The van der Waals surface area contributed by atoms with Gasteiger partial charge in [-0.3, -0.25) is 9.59 Å². The minimum absolute atomic E-state index is 0. The Kier molecular flexibility index (Phi) is 6.45. The predicted octanol–water partition coefficient (Wildman–Crippen LogP) is 2.18. The first kappa shape index (κ1) is 18.5. The van der Waals surface area contributed by atoms with Gasteiger partial charge in [0.1, 0.15) is 5.75 Å². The van der Waals surface area contributed by atoms with E-state index in [1.54, 1.807) is 18.1 Å². The van der Waals surface area contributed by atoms with E-state index in [1.807, 2.05) is 12.1 Å². The number of amides is 2. The van der Waals surface area contributed by atoms with Crippen molar-refractivity contribution in [3.8, 4) is 5.75 Å². The molecule has 0 radical (unpaired) electrons. The molecular weight excluding hydrogens is 330 g/mol. The van der Waals surface area contributed by atoms with Gasteiger partial charge < -0.3 is 20.3 Å². The number of ether oxygens (including phenoxy) is 1. The molecular formula is C17H24ClN3O3. The quantitative estimate of drug-likeness (QED) is 0.870. The maximum absolute atomic E-state index is 12.3. The van der Waals surface area contributed by atoms with E-state index in [4.69, 9.17) is 4.74 Å². The molecule has 2 fully saturated rings. The Balaban J connectivity index is 0.00000208. The van der Waals surface area contributed by atoms with Crippen LogP contribution in [0.3, 0.4) is 0 Å². The zero-order chi connectivity index (χ0) is 16.2. The van der Waals surface area contributed by atoms with E-state index in [2.05, 4.69) is 10.6 Å². The molecule has 1 aromatic carbocycles. The number of benzene rings is 1. The summed E-state index contributed by atoms with van der Waals surface area (Å²) in [4.78, 5) is 26.0. The summed E-state index contributed by atoms with van der Waals surface area (Å²) >= 11 is 0. The Morgan fingerprint density at radius 1 is 1.38 bits per heavy atom. The minimum Gasteiger partial charge on any atom is -0.494 e. The maximum Gasteiger partial charge on any atom is 0.228 e. The Morgan fingerprint density at radius 2 is 2.21 bits per heavy atom. The molecule has 3 rings (SSSR count). The summed E-state index contributed by atoms with van der Waals surface area (Å²) in [7, 11) is 1.58. The van der Waals surface area contributed by atoms with Crippen LogP contribution in [-0.4, -0.2) is 38.6 Å². The first-order chi connectivity index (χ1) is 11.2. The van der Waals surface area contributed by atoms with E-state index >= 15 is 0 Å². The molecule has 2 amide bonds. The molecule has 2 saturated heterocycles. The number of halogens is 1. The van der Waals surface area contributed by atoms with Crippen LogP contribution in [0.2, 0.25) is 0 Å². The van der Waals surface area contributed by atoms with Crippen molar-refractivity contribution in [1.29, 1.82) is 0 Å². The molecule has 7 heteroatoms. The SMILES string of the molecule is COc1cc(NC(=O)C2CCCNC2)ccc1N1CCCC1=O.Cl. The Hall–Kier alpha value is -1.79. The lowest BCUT2D eigenvalue weighted by atomic mass is 9.99. The fourth-order valence-corrected chi connectivity index (χ4v) is 3.20. The van der Waals surface area contributed by atoms with Crippen LogP contribution in [0.5, 0.6) is 5.75 Å². The molecule has 1 atom stereocenters. The average Bonchev–Trinajstić information content (AvgIpc) is 3.01. The summed E-state index contributed by atoms with van der Waals surface area (Å²) in [6, 6.07) is 5.46. The first-order valence-electron chi connectivity index (χ1n) is 8.19. The highest BCUT2D eigenvalue weighted by atomic mass is 35.5. The second-order valence-corrected chi connectivity index (χ2v) is 6.07. The third-order valence-corrected chi connectivity index (χ3v) is 4.48. The Morgan fingerprint density at radius 3 is 2.83 bits per heavy atom. The second-order valence-electron chi connectivity index (χ2n) is 6.07. The number of hydrogen-bond acceptors (Lipinski definition) is 4. The summed E-state index contributed by atoms with van der Waals surface area (Å²) in [5.41, 5.74) is 1.47. The third kappa shape index (κ3) is 3.99. The molecule has 2 heterocycles. The predicted molar refractivity (Wildman–Crippen MR) is 96.1 cm³/mol. The van der Waals surface area contributed by atoms with Crippen molar-refractivity contribution in [2.75, 3.05) is 37.0 Å². The van der Waals surface area contributed by atoms with Gasteiger partial charge in [-0.05, 0) is 37.9 Å². The van der Waals surface area contributed by atoms with Crippen molar-refractivity contribution in [1.82, 2.24) is 5.32 Å². The largest absolute Gasteiger partial charge is 0.494 e. The smallest absolute Gasteiger partial charge is 0.228 e. The Labute approximate surface area is 148 Å². The van der Waals surface area contributed by atoms with Gasteiger partial charge >= 0.3 is 0 Å². The van der Waals surface area contributed by atoms with Crippen LogP contribution in [0, 0.1) is 5.92 Å². The molecule has 6 nitrogen and oxygen atoms in total. The first-order valence-corrected chi connectivity index (χ1v) is 8.19. The van der Waals surface area contributed by atoms with Gasteiger partial charge in [-0.25, -0.2) is 0 Å². The van der Waals surface area contributed by atoms with Crippen molar-refractivity contribution in [2.24, 2.45) is 5.92 Å². The molecule has 1 unspecified atom stereocenters. The van der Waals surface area contributed by atoms with E-state index in [9.17, 15) is 9.59 Å². The molecule has 0 spiro atoms. The molecule has 2 N–H and O–H groups in total. The summed E-state index contributed by atoms with van der Waals surface area (Å²) in [6.45, 7) is 2.42. The molecule has 0 bridgehead atoms. The van der Waals surface area contributed by atoms with Gasteiger partial charge in [0.15, 0.2) is 0 Å². The summed E-state index contributed by atoms with van der Waals surface area (Å²) in [5.74, 6) is 0.770. The van der Waals surface area contributed by atoms with Crippen molar-refractivity contribution >= 4 is 35.6 Å². The van der Waals surface area contributed by atoms with Gasteiger partial charge in [-0.2, -0.15) is 0 Å². The van der Waals surface area contributed by atoms with Crippen LogP contribution >= 0.6 is 12.4 Å². The molecule has 1 aromatic rings. The normalized spacial score (nSPS) is 20.5. The zero-order valence-electron chi connectivity index (χ0n) is 13.8. The highest BCUT2D eigenvalue weighted by molar-refractivity contribution is 5.98. The fourth-order valence-electron chi connectivity index (χ4n) is 3.20. The molecule has 2 aliphatic heterocycles. The van der Waals surface area contributed by atoms with Gasteiger partial charge in [0.05, 0.1) is 18.7 Å². The molecule has 132 valence electrons. The number of nitrogens with zero attached hydrogens (tertiary/aromatic N) is 1. The van der Waals surface area contributed by atoms with Crippen LogP contribution in [0.25, 0.3) is 0 Å². The van der Waals surface area contributed by atoms with Crippen molar-refractivity contribution < 1.29 is 14.3 Å². The van der Waals surface area contributed by atoms with Crippen molar-refractivity contribution in [3.05, 3.63) is 18.2 Å². The number of piperidine rings is 1. The van der Waals surface area contributed by atoms with E-state index < -0.39 is 0 Å². The molecule has 2 aliphatic rings. The van der Waals surface area contributed by atoms with Crippen LogP contribution in [0.4, 0.5) is 11.4 Å². The number of carbonyl (C=O) groups excluding carboxylic acids is 2. The number of rotatable bonds is 4. The zero-order valence-corrected chi connectivity index (χ0v) is 14.7. The number of nitrogens with one attached hydrogen (secondary N) is 2. The number of hydrogen-bond donors (Lipinski definition) is 2. The van der Waals surface area contributed by atoms with E-state index in [0.717, 1.165) is 38.0 Å². The van der Waals surface area contributed by atoms with Gasteiger partial charge in [0, 0.05) is 31.3 Å². The average molecular weight is 354 g/mol. The number of anilines is 2. The molecule has 0 aliphatic carbocycles. The second kappa shape index (κ2) is 8.35. The minimum atomic E-state index is 0. The van der Waals surface area contributed by atoms with Crippen LogP contribution in [0.15, 0.2) is 18.2 Å². The lowest BCUT2D eigenvalue weighted by molar-refractivity contribution is -0.120. The van der Waals surface area contributed by atoms with Crippen molar-refractivity contribution in [3.63, 3.8) is 0 Å². The van der Waals surface area contributed by atoms with Gasteiger partial charge in [0.2, 0.25) is 11.8 Å². The van der Waals surface area contributed by atoms with Gasteiger partial charge in [-0.1, -0.05) is 0 Å². The fraction of sp³-hybridized carbons (Fsp3) is 0.529. The lowest BCUT2D eigenvalue weighted by Crippen LogP contribution is -2.37. The van der Waals surface area contributed by atoms with E-state index in [0.29, 0.717) is 24.4 Å². The van der Waals surface area contributed by atoms with Crippen LogP contribution in [-0.2, 0) is 9.59 Å². The molecule has 0 saturated carbocycles. The lowest BCUT2D eigenvalue weighted by Gasteiger charge is -2.23. The highest BCUT2D eigenvalue weighted by Crippen LogP contribution is 2.34. The third-order valence-electron chi connectivity index (χ3n) is 4.48. The molecule has 0 aromatic heterocycles. The van der Waals surface area contributed by atoms with E-state index in [1.165, 1.54) is 0 Å². The van der Waals surface area contributed by atoms with E-state index in [-0.39, 0.29) is 30.1 Å². The van der Waals surface area contributed by atoms with Crippen molar-refractivity contribution in [2.45, 2.75) is 25.7 Å². The van der Waals surface area contributed by atoms with Gasteiger partial charge in [0.25, 0.3) is 0 Å². The standard InChI is InChI=1S/C17H23N3O3.ClH/c1-23-15-10-13(19-17(22)12-4-2-8-18-11-12)6-7-14(15)20-9-3-5-16(20)21;/h6-7,10,12,18H,2-5,8-9,11H2,1H3,(H,19,22);1H. The summed E-state index contributed by atoms with van der Waals surface area (Å²) < 4.78 is 5.42. The highest BCUT2D eigenvalue weighted by Gasteiger charge is 2.25. The number of methoxy groups -OCH3 is 1. The monoisotopic (exact) mass is 353 g/mol. The van der Waals surface area contributed by atoms with Crippen LogP contribution < -0.4 is 20.3 Å². The topological polar surface area (TPSA) is 70.7 Å². The number of carbonyl (C=O) groups is 2. The van der Waals surface area contributed by atoms with Crippen LogP contribution in [0.1, 0.15) is 25.7 Å². The Bertz CT molecular complexity index is 603.